The highest BCUT2D eigenvalue weighted by Gasteiger charge is 2.23. The second kappa shape index (κ2) is 5.69. The minimum atomic E-state index is -0.647. The maximum atomic E-state index is 12.2. The number of piperidine rings is 1. The maximum absolute atomic E-state index is 12.2. The molecule has 0 atom stereocenters. The van der Waals surface area contributed by atoms with Gasteiger partial charge in [-0.15, -0.1) is 0 Å². The van der Waals surface area contributed by atoms with Crippen molar-refractivity contribution in [3.8, 4) is 0 Å². The number of rotatable bonds is 2. The van der Waals surface area contributed by atoms with Crippen LogP contribution in [-0.4, -0.2) is 37.1 Å². The summed E-state index contributed by atoms with van der Waals surface area (Å²) in [5.41, 5.74) is -0.211. The lowest BCUT2D eigenvalue weighted by atomic mass is 10.1. The van der Waals surface area contributed by atoms with E-state index in [9.17, 15) is 9.59 Å². The molecular weight excluding hydrogens is 270 g/mol. The number of para-hydroxylation sites is 1. The Hall–Kier alpha value is -2.14. The molecule has 1 aromatic heterocycles. The Morgan fingerprint density at radius 2 is 2.00 bits per heavy atom. The van der Waals surface area contributed by atoms with Crippen LogP contribution >= 0.6 is 0 Å². The molecular formula is C16H17NO4. The summed E-state index contributed by atoms with van der Waals surface area (Å²) in [4.78, 5) is 26.2. The van der Waals surface area contributed by atoms with Crippen molar-refractivity contribution in [2.24, 2.45) is 0 Å². The van der Waals surface area contributed by atoms with Gasteiger partial charge in [-0.25, -0.2) is 9.59 Å². The van der Waals surface area contributed by atoms with Gasteiger partial charge < -0.3 is 14.1 Å². The van der Waals surface area contributed by atoms with E-state index in [0.717, 1.165) is 25.9 Å². The topological polar surface area (TPSA) is 59.8 Å². The first-order valence-electron chi connectivity index (χ1n) is 7.06. The summed E-state index contributed by atoms with van der Waals surface area (Å²) in [5, 5.41) is 0.715. The lowest BCUT2D eigenvalue weighted by Gasteiger charge is -2.28. The van der Waals surface area contributed by atoms with E-state index in [-0.39, 0.29) is 11.7 Å². The van der Waals surface area contributed by atoms with Crippen molar-refractivity contribution in [2.45, 2.75) is 18.9 Å². The number of esters is 1. The van der Waals surface area contributed by atoms with Crippen molar-refractivity contribution < 1.29 is 13.9 Å². The molecule has 0 N–H and O–H groups in total. The average molecular weight is 287 g/mol. The van der Waals surface area contributed by atoms with E-state index in [1.54, 1.807) is 24.3 Å². The number of carbonyl (C=O) groups excluding carboxylic acids is 1. The van der Waals surface area contributed by atoms with Gasteiger partial charge in [0.25, 0.3) is 0 Å². The Bertz CT molecular complexity index is 714. The Morgan fingerprint density at radius 1 is 1.29 bits per heavy atom. The fourth-order valence-corrected chi connectivity index (χ4v) is 2.52. The SMILES string of the molecule is CN1CCC(OC(=O)c2cc3ccccc3oc2=O)CC1. The molecule has 1 aromatic carbocycles. The van der Waals surface area contributed by atoms with Crippen LogP contribution in [0.5, 0.6) is 0 Å². The minimum Gasteiger partial charge on any atom is -0.458 e. The molecule has 2 heterocycles. The van der Waals surface area contributed by atoms with Crippen molar-refractivity contribution in [3.05, 3.63) is 46.3 Å². The summed E-state index contributed by atoms with van der Waals surface area (Å²) in [6.45, 7) is 1.79. The van der Waals surface area contributed by atoms with E-state index in [1.807, 2.05) is 13.1 Å². The van der Waals surface area contributed by atoms with Gasteiger partial charge >= 0.3 is 11.6 Å². The molecule has 0 aliphatic carbocycles. The molecule has 1 aliphatic rings. The number of hydrogen-bond acceptors (Lipinski definition) is 5. The Labute approximate surface area is 122 Å². The van der Waals surface area contributed by atoms with Crippen LogP contribution in [-0.2, 0) is 4.74 Å². The Balaban J connectivity index is 1.81. The first-order valence-corrected chi connectivity index (χ1v) is 7.06. The predicted molar refractivity (Wildman–Crippen MR) is 78.4 cm³/mol. The summed E-state index contributed by atoms with van der Waals surface area (Å²) >= 11 is 0. The normalized spacial score (nSPS) is 17.0. The smallest absolute Gasteiger partial charge is 0.351 e. The van der Waals surface area contributed by atoms with Crippen LogP contribution in [0.2, 0.25) is 0 Å². The van der Waals surface area contributed by atoms with Gasteiger partial charge in [0.05, 0.1) is 0 Å². The maximum Gasteiger partial charge on any atom is 0.351 e. The summed E-state index contributed by atoms with van der Waals surface area (Å²) in [6, 6.07) is 8.64. The van der Waals surface area contributed by atoms with Crippen LogP contribution in [0, 0.1) is 0 Å². The third-order valence-electron chi connectivity index (χ3n) is 3.80. The number of carbonyl (C=O) groups is 1. The van der Waals surface area contributed by atoms with E-state index in [1.165, 1.54) is 0 Å². The van der Waals surface area contributed by atoms with Crippen LogP contribution < -0.4 is 5.63 Å². The van der Waals surface area contributed by atoms with Crippen molar-refractivity contribution >= 4 is 16.9 Å². The molecule has 0 saturated carbocycles. The quantitative estimate of drug-likeness (QED) is 0.625. The molecule has 21 heavy (non-hydrogen) atoms. The highest BCUT2D eigenvalue weighted by atomic mass is 16.5. The van der Waals surface area contributed by atoms with Crippen LogP contribution in [0.15, 0.2) is 39.5 Å². The van der Waals surface area contributed by atoms with E-state index in [2.05, 4.69) is 4.90 Å². The molecule has 1 aliphatic heterocycles. The third kappa shape index (κ3) is 2.97. The van der Waals surface area contributed by atoms with Crippen LogP contribution in [0.3, 0.4) is 0 Å². The van der Waals surface area contributed by atoms with Gasteiger partial charge in [0.15, 0.2) is 0 Å². The zero-order valence-electron chi connectivity index (χ0n) is 11.9. The lowest BCUT2D eigenvalue weighted by molar-refractivity contribution is 0.0135. The molecule has 110 valence electrons. The van der Waals surface area contributed by atoms with Crippen LogP contribution in [0.1, 0.15) is 23.2 Å². The van der Waals surface area contributed by atoms with Crippen molar-refractivity contribution in [1.29, 1.82) is 0 Å². The number of fused-ring (bicyclic) bond motifs is 1. The van der Waals surface area contributed by atoms with E-state index in [4.69, 9.17) is 9.15 Å². The van der Waals surface area contributed by atoms with Gasteiger partial charge in [0.2, 0.25) is 0 Å². The van der Waals surface area contributed by atoms with E-state index >= 15 is 0 Å². The molecule has 0 bridgehead atoms. The molecule has 3 rings (SSSR count). The molecule has 5 heteroatoms. The monoisotopic (exact) mass is 287 g/mol. The summed E-state index contributed by atoms with van der Waals surface area (Å²) in [5.74, 6) is -0.593. The average Bonchev–Trinajstić information content (AvgIpc) is 2.49. The molecule has 0 unspecified atom stereocenters. The van der Waals surface area contributed by atoms with Gasteiger partial charge in [-0.2, -0.15) is 0 Å². The fraction of sp³-hybridized carbons (Fsp3) is 0.375. The largest absolute Gasteiger partial charge is 0.458 e. The number of nitrogens with zero attached hydrogens (tertiary/aromatic N) is 1. The van der Waals surface area contributed by atoms with Crippen molar-refractivity contribution in [3.63, 3.8) is 0 Å². The Kier molecular flexibility index (Phi) is 3.75. The molecule has 0 radical (unpaired) electrons. The van der Waals surface area contributed by atoms with E-state index < -0.39 is 11.6 Å². The molecule has 2 aromatic rings. The molecule has 1 saturated heterocycles. The molecule has 0 spiro atoms. The second-order valence-corrected chi connectivity index (χ2v) is 5.39. The van der Waals surface area contributed by atoms with Gasteiger partial charge in [-0.05, 0) is 32.0 Å². The minimum absolute atomic E-state index is 0.0346. The van der Waals surface area contributed by atoms with Gasteiger partial charge in [-0.1, -0.05) is 18.2 Å². The lowest BCUT2D eigenvalue weighted by Crippen LogP contribution is -2.35. The van der Waals surface area contributed by atoms with Gasteiger partial charge in [0.1, 0.15) is 17.3 Å². The highest BCUT2D eigenvalue weighted by Crippen LogP contribution is 2.16. The fourth-order valence-electron chi connectivity index (χ4n) is 2.52. The van der Waals surface area contributed by atoms with Crippen LogP contribution in [0.25, 0.3) is 11.0 Å². The number of ether oxygens (including phenoxy) is 1. The van der Waals surface area contributed by atoms with Gasteiger partial charge in [-0.3, -0.25) is 0 Å². The highest BCUT2D eigenvalue weighted by molar-refractivity contribution is 5.92. The number of hydrogen-bond donors (Lipinski definition) is 0. The first-order chi connectivity index (χ1) is 10.1. The zero-order valence-corrected chi connectivity index (χ0v) is 11.9. The summed E-state index contributed by atoms with van der Waals surface area (Å²) in [7, 11) is 2.04. The molecule has 1 fully saturated rings. The standard InChI is InChI=1S/C16H17NO4/c1-17-8-6-12(7-9-17)20-15(18)13-10-11-4-2-3-5-14(11)21-16(13)19/h2-5,10,12H,6-9H2,1H3. The predicted octanol–water partition coefficient (Wildman–Crippen LogP) is 2.04. The second-order valence-electron chi connectivity index (χ2n) is 5.39. The first kappa shape index (κ1) is 13.8. The zero-order chi connectivity index (χ0) is 14.8. The number of likely N-dealkylation sites (tertiary alicyclic amines) is 1. The Morgan fingerprint density at radius 3 is 2.76 bits per heavy atom. The molecule has 5 nitrogen and oxygen atoms in total. The van der Waals surface area contributed by atoms with Crippen LogP contribution in [0.4, 0.5) is 0 Å². The summed E-state index contributed by atoms with van der Waals surface area (Å²) < 4.78 is 10.6. The summed E-state index contributed by atoms with van der Waals surface area (Å²) in [6.07, 6.45) is 1.46. The van der Waals surface area contributed by atoms with Gasteiger partial charge in [0, 0.05) is 18.5 Å². The molecule has 0 amide bonds. The third-order valence-corrected chi connectivity index (χ3v) is 3.80. The van der Waals surface area contributed by atoms with Crippen molar-refractivity contribution in [1.82, 2.24) is 4.90 Å². The van der Waals surface area contributed by atoms with E-state index in [0.29, 0.717) is 11.0 Å². The van der Waals surface area contributed by atoms with Crippen molar-refractivity contribution in [2.75, 3.05) is 20.1 Å². The number of benzene rings is 1.